The molecule has 0 radical (unpaired) electrons. The zero-order valence-corrected chi connectivity index (χ0v) is 9.46. The molecule has 0 unspecified atom stereocenters. The fourth-order valence-electron chi connectivity index (χ4n) is 1.31. The van der Waals surface area contributed by atoms with Crippen LogP contribution in [-0.2, 0) is 6.54 Å². The summed E-state index contributed by atoms with van der Waals surface area (Å²) in [5, 5.41) is 21.6. The Morgan fingerprint density at radius 2 is 2.19 bits per heavy atom. The first-order valence-electron chi connectivity index (χ1n) is 4.87. The van der Waals surface area contributed by atoms with Crippen molar-refractivity contribution in [2.45, 2.75) is 19.6 Å². The van der Waals surface area contributed by atoms with Gasteiger partial charge in [0.05, 0.1) is 17.7 Å². The number of benzene rings is 1. The smallest absolute Gasteiger partial charge is 0.206 e. The van der Waals surface area contributed by atoms with Gasteiger partial charge in [-0.05, 0) is 24.3 Å². The largest absolute Gasteiger partial charge is 0.391 e. The van der Waals surface area contributed by atoms with Gasteiger partial charge in [0, 0.05) is 5.56 Å². The van der Waals surface area contributed by atoms with Gasteiger partial charge >= 0.3 is 0 Å². The predicted octanol–water partition coefficient (Wildman–Crippen LogP) is 1.37. The number of rotatable bonds is 3. The number of halogens is 1. The van der Waals surface area contributed by atoms with E-state index in [2.05, 4.69) is 15.4 Å². The molecule has 0 aliphatic rings. The molecule has 0 spiro atoms. The zero-order chi connectivity index (χ0) is 11.5. The van der Waals surface area contributed by atoms with Crippen molar-refractivity contribution in [2.24, 2.45) is 0 Å². The van der Waals surface area contributed by atoms with Gasteiger partial charge in [-0.2, -0.15) is 4.80 Å². The van der Waals surface area contributed by atoms with Crippen LogP contribution >= 0.6 is 11.6 Å². The van der Waals surface area contributed by atoms with Gasteiger partial charge in [-0.1, -0.05) is 23.7 Å². The van der Waals surface area contributed by atoms with E-state index in [1.54, 1.807) is 13.0 Å². The van der Waals surface area contributed by atoms with Crippen LogP contribution in [0.4, 0.5) is 0 Å². The van der Waals surface area contributed by atoms with E-state index in [4.69, 9.17) is 11.6 Å². The summed E-state index contributed by atoms with van der Waals surface area (Å²) in [4.78, 5) is 1.35. The van der Waals surface area contributed by atoms with E-state index < -0.39 is 6.10 Å². The third kappa shape index (κ3) is 2.37. The van der Waals surface area contributed by atoms with Crippen molar-refractivity contribution in [1.29, 1.82) is 0 Å². The first-order valence-corrected chi connectivity index (χ1v) is 5.25. The fourth-order valence-corrected chi connectivity index (χ4v) is 1.53. The lowest BCUT2D eigenvalue weighted by Gasteiger charge is -2.00. The minimum Gasteiger partial charge on any atom is -0.391 e. The Bertz CT molecular complexity index is 483. The van der Waals surface area contributed by atoms with Gasteiger partial charge in [-0.25, -0.2) is 0 Å². The maximum atomic E-state index is 9.19. The van der Waals surface area contributed by atoms with Crippen LogP contribution in [0.25, 0.3) is 11.4 Å². The second kappa shape index (κ2) is 4.59. The average Bonchev–Trinajstić information content (AvgIpc) is 2.66. The molecule has 0 saturated heterocycles. The van der Waals surface area contributed by atoms with Crippen molar-refractivity contribution < 1.29 is 5.11 Å². The molecule has 2 aromatic rings. The molecule has 0 saturated carbocycles. The van der Waals surface area contributed by atoms with E-state index in [9.17, 15) is 5.11 Å². The molecule has 0 bridgehead atoms. The highest BCUT2D eigenvalue weighted by Gasteiger charge is 2.09. The SMILES string of the molecule is C[C@H](O)Cn1nnc(-c2ccccc2Cl)n1. The summed E-state index contributed by atoms with van der Waals surface area (Å²) in [6.07, 6.45) is -0.506. The summed E-state index contributed by atoms with van der Waals surface area (Å²) in [5.74, 6) is 0.464. The molecule has 0 aliphatic heterocycles. The van der Waals surface area contributed by atoms with Crippen LogP contribution in [-0.4, -0.2) is 31.4 Å². The van der Waals surface area contributed by atoms with Gasteiger partial charge in [0.2, 0.25) is 5.82 Å². The molecule has 1 aromatic carbocycles. The molecule has 5 nitrogen and oxygen atoms in total. The van der Waals surface area contributed by atoms with Gasteiger partial charge in [0.15, 0.2) is 0 Å². The number of aromatic nitrogens is 4. The van der Waals surface area contributed by atoms with Crippen LogP contribution in [0.15, 0.2) is 24.3 Å². The van der Waals surface area contributed by atoms with E-state index in [1.165, 1.54) is 4.80 Å². The Balaban J connectivity index is 2.28. The lowest BCUT2D eigenvalue weighted by atomic mass is 10.2. The molecule has 84 valence electrons. The molecule has 1 atom stereocenters. The van der Waals surface area contributed by atoms with Crippen molar-refractivity contribution in [3.05, 3.63) is 29.3 Å². The van der Waals surface area contributed by atoms with Crippen molar-refractivity contribution >= 4 is 11.6 Å². The number of aliphatic hydroxyl groups is 1. The maximum Gasteiger partial charge on any atom is 0.206 e. The Morgan fingerprint density at radius 3 is 2.88 bits per heavy atom. The Morgan fingerprint density at radius 1 is 1.44 bits per heavy atom. The standard InChI is InChI=1S/C10H11ClN4O/c1-7(16)6-15-13-10(12-14-15)8-4-2-3-5-9(8)11/h2-5,7,16H,6H2,1H3/t7-/m0/s1. The summed E-state index contributed by atoms with van der Waals surface area (Å²) in [7, 11) is 0. The molecule has 16 heavy (non-hydrogen) atoms. The second-order valence-corrected chi connectivity index (χ2v) is 3.90. The van der Waals surface area contributed by atoms with Gasteiger partial charge in [-0.15, -0.1) is 10.2 Å². The van der Waals surface area contributed by atoms with E-state index in [0.29, 0.717) is 17.4 Å². The van der Waals surface area contributed by atoms with Gasteiger partial charge < -0.3 is 5.11 Å². The first-order chi connectivity index (χ1) is 7.66. The average molecular weight is 239 g/mol. The van der Waals surface area contributed by atoms with Gasteiger partial charge in [0.25, 0.3) is 0 Å². The maximum absolute atomic E-state index is 9.19. The summed E-state index contributed by atoms with van der Waals surface area (Å²) in [6, 6.07) is 7.29. The molecular weight excluding hydrogens is 228 g/mol. The van der Waals surface area contributed by atoms with Crippen LogP contribution in [0, 0.1) is 0 Å². The van der Waals surface area contributed by atoms with Crippen LogP contribution in [0.5, 0.6) is 0 Å². The molecule has 2 rings (SSSR count). The van der Waals surface area contributed by atoms with E-state index in [0.717, 1.165) is 5.56 Å². The fraction of sp³-hybridized carbons (Fsp3) is 0.300. The zero-order valence-electron chi connectivity index (χ0n) is 8.71. The molecule has 6 heteroatoms. The van der Waals surface area contributed by atoms with Crippen LogP contribution in [0.2, 0.25) is 5.02 Å². The number of hydrogen-bond donors (Lipinski definition) is 1. The quantitative estimate of drug-likeness (QED) is 0.877. The normalized spacial score (nSPS) is 12.7. The number of nitrogens with zero attached hydrogens (tertiary/aromatic N) is 4. The lowest BCUT2D eigenvalue weighted by molar-refractivity contribution is 0.161. The number of hydrogen-bond acceptors (Lipinski definition) is 4. The Labute approximate surface area is 97.7 Å². The van der Waals surface area contributed by atoms with E-state index >= 15 is 0 Å². The van der Waals surface area contributed by atoms with Crippen LogP contribution < -0.4 is 0 Å². The first kappa shape index (κ1) is 11.0. The third-order valence-corrected chi connectivity index (χ3v) is 2.32. The van der Waals surface area contributed by atoms with Gasteiger partial charge in [0.1, 0.15) is 0 Å². The Hall–Kier alpha value is -1.46. The highest BCUT2D eigenvalue weighted by atomic mass is 35.5. The van der Waals surface area contributed by atoms with Gasteiger partial charge in [-0.3, -0.25) is 0 Å². The monoisotopic (exact) mass is 238 g/mol. The number of tetrazole rings is 1. The summed E-state index contributed by atoms with van der Waals surface area (Å²) < 4.78 is 0. The van der Waals surface area contributed by atoms with E-state index in [-0.39, 0.29) is 0 Å². The summed E-state index contributed by atoms with van der Waals surface area (Å²) in [5.41, 5.74) is 0.737. The highest BCUT2D eigenvalue weighted by molar-refractivity contribution is 6.33. The molecule has 0 aliphatic carbocycles. The molecule has 1 N–H and O–H groups in total. The lowest BCUT2D eigenvalue weighted by Crippen LogP contribution is -2.14. The summed E-state index contributed by atoms with van der Waals surface area (Å²) >= 11 is 6.01. The summed E-state index contributed by atoms with van der Waals surface area (Å²) in [6.45, 7) is 1.98. The van der Waals surface area contributed by atoms with Crippen LogP contribution in [0.1, 0.15) is 6.92 Å². The minimum atomic E-state index is -0.506. The minimum absolute atomic E-state index is 0.317. The number of aliphatic hydroxyl groups excluding tert-OH is 1. The predicted molar refractivity (Wildman–Crippen MR) is 59.9 cm³/mol. The van der Waals surface area contributed by atoms with Crippen molar-refractivity contribution in [1.82, 2.24) is 20.2 Å². The topological polar surface area (TPSA) is 63.8 Å². The van der Waals surface area contributed by atoms with Crippen molar-refractivity contribution in [2.75, 3.05) is 0 Å². The molecular formula is C10H11ClN4O. The van der Waals surface area contributed by atoms with Crippen molar-refractivity contribution in [3.63, 3.8) is 0 Å². The molecule has 1 heterocycles. The van der Waals surface area contributed by atoms with E-state index in [1.807, 2.05) is 18.2 Å². The highest BCUT2D eigenvalue weighted by Crippen LogP contribution is 2.23. The van der Waals surface area contributed by atoms with Crippen molar-refractivity contribution in [3.8, 4) is 11.4 Å². The molecule has 0 amide bonds. The molecule has 0 fully saturated rings. The Kier molecular flexibility index (Phi) is 3.17. The molecule has 1 aromatic heterocycles. The van der Waals surface area contributed by atoms with Crippen LogP contribution in [0.3, 0.4) is 0 Å². The third-order valence-electron chi connectivity index (χ3n) is 2.00. The second-order valence-electron chi connectivity index (χ2n) is 3.50.